The lowest BCUT2D eigenvalue weighted by Crippen LogP contribution is -2.39. The topological polar surface area (TPSA) is 52.7 Å². The molecular formula is C15H20F3N3O2S. The van der Waals surface area contributed by atoms with Gasteiger partial charge in [0.05, 0.1) is 12.0 Å². The summed E-state index contributed by atoms with van der Waals surface area (Å²) in [7, 11) is 3.78. The minimum Gasteiger partial charge on any atom is -0.354 e. The molecule has 2 atom stereocenters. The van der Waals surface area contributed by atoms with Gasteiger partial charge in [-0.2, -0.15) is 13.2 Å². The highest BCUT2D eigenvalue weighted by atomic mass is 32.1. The number of likely N-dealkylation sites (N-methyl/N-ethyl adjacent to an activating group) is 1. The minimum atomic E-state index is -4.45. The van der Waals surface area contributed by atoms with E-state index in [0.717, 1.165) is 4.88 Å². The number of nitrogens with one attached hydrogen (secondary N) is 1. The molecule has 0 saturated carbocycles. The first kappa shape index (κ1) is 18.7. The van der Waals surface area contributed by atoms with Gasteiger partial charge >= 0.3 is 6.18 Å². The van der Waals surface area contributed by atoms with Gasteiger partial charge in [-0.3, -0.25) is 9.59 Å². The van der Waals surface area contributed by atoms with Crippen molar-refractivity contribution in [2.75, 3.05) is 33.7 Å². The van der Waals surface area contributed by atoms with Crippen molar-refractivity contribution in [2.24, 2.45) is 5.92 Å². The Labute approximate surface area is 142 Å². The molecule has 0 spiro atoms. The zero-order valence-electron chi connectivity index (χ0n) is 13.5. The van der Waals surface area contributed by atoms with Crippen molar-refractivity contribution in [3.63, 3.8) is 0 Å². The first-order valence-electron chi connectivity index (χ1n) is 7.49. The van der Waals surface area contributed by atoms with E-state index >= 15 is 0 Å². The zero-order chi connectivity index (χ0) is 17.9. The fourth-order valence-electron chi connectivity index (χ4n) is 2.68. The van der Waals surface area contributed by atoms with Crippen LogP contribution in [0, 0.1) is 5.92 Å². The standard InChI is InChI=1S/C15H20F3N3O2S/c1-20(2)11(12-4-3-5-24-12)7-19-14(23)10-6-13(22)21(8-10)9-15(16,17)18/h3-5,10-11H,6-9H2,1-2H3,(H,19,23)/t10-,11+/m0/s1. The van der Waals surface area contributed by atoms with Gasteiger partial charge in [-0.05, 0) is 25.5 Å². The summed E-state index contributed by atoms with van der Waals surface area (Å²) in [6.45, 7) is -1.14. The third kappa shape index (κ3) is 4.94. The molecule has 1 fully saturated rings. The Kier molecular flexibility index (Phi) is 5.87. The molecule has 24 heavy (non-hydrogen) atoms. The number of nitrogens with zero attached hydrogens (tertiary/aromatic N) is 2. The Bertz CT molecular complexity index is 575. The molecule has 1 N–H and O–H groups in total. The average Bonchev–Trinajstić information content (AvgIpc) is 3.08. The highest BCUT2D eigenvalue weighted by Gasteiger charge is 2.40. The summed E-state index contributed by atoms with van der Waals surface area (Å²) in [6, 6.07) is 3.87. The molecule has 2 heterocycles. The monoisotopic (exact) mass is 363 g/mol. The molecule has 1 aromatic heterocycles. The number of hydrogen-bond acceptors (Lipinski definition) is 4. The van der Waals surface area contributed by atoms with Crippen LogP contribution in [0.5, 0.6) is 0 Å². The smallest absolute Gasteiger partial charge is 0.354 e. The molecule has 1 saturated heterocycles. The average molecular weight is 363 g/mol. The van der Waals surface area contributed by atoms with Crippen LogP contribution in [-0.2, 0) is 9.59 Å². The molecule has 2 amide bonds. The van der Waals surface area contributed by atoms with Gasteiger partial charge in [-0.1, -0.05) is 6.07 Å². The van der Waals surface area contributed by atoms with Gasteiger partial charge in [0.2, 0.25) is 11.8 Å². The summed E-state index contributed by atoms with van der Waals surface area (Å²) < 4.78 is 37.2. The Hall–Kier alpha value is -1.61. The van der Waals surface area contributed by atoms with Gasteiger partial charge in [-0.25, -0.2) is 0 Å². The molecule has 2 rings (SSSR count). The maximum absolute atomic E-state index is 12.4. The molecule has 0 unspecified atom stereocenters. The fourth-order valence-corrected chi connectivity index (χ4v) is 3.60. The lowest BCUT2D eigenvalue weighted by atomic mass is 10.1. The highest BCUT2D eigenvalue weighted by molar-refractivity contribution is 7.10. The third-order valence-corrected chi connectivity index (χ3v) is 4.89. The van der Waals surface area contributed by atoms with E-state index < -0.39 is 24.5 Å². The van der Waals surface area contributed by atoms with Crippen LogP contribution in [0.4, 0.5) is 13.2 Å². The fraction of sp³-hybridized carbons (Fsp3) is 0.600. The van der Waals surface area contributed by atoms with Crippen LogP contribution in [0.2, 0.25) is 0 Å². The summed E-state index contributed by atoms with van der Waals surface area (Å²) >= 11 is 1.57. The molecule has 0 aromatic carbocycles. The van der Waals surface area contributed by atoms with Crippen molar-refractivity contribution in [3.8, 4) is 0 Å². The largest absolute Gasteiger partial charge is 0.406 e. The summed E-state index contributed by atoms with van der Waals surface area (Å²) in [5.41, 5.74) is 0. The van der Waals surface area contributed by atoms with E-state index in [1.807, 2.05) is 36.5 Å². The van der Waals surface area contributed by atoms with Crippen LogP contribution in [0.1, 0.15) is 17.3 Å². The van der Waals surface area contributed by atoms with E-state index in [1.165, 1.54) is 0 Å². The van der Waals surface area contributed by atoms with Gasteiger partial charge in [0.25, 0.3) is 0 Å². The van der Waals surface area contributed by atoms with Crippen LogP contribution < -0.4 is 5.32 Å². The molecule has 134 valence electrons. The first-order valence-corrected chi connectivity index (χ1v) is 8.37. The molecule has 1 aliphatic rings. The number of rotatable bonds is 6. The van der Waals surface area contributed by atoms with Gasteiger partial charge in [0, 0.05) is 24.4 Å². The van der Waals surface area contributed by atoms with E-state index in [9.17, 15) is 22.8 Å². The van der Waals surface area contributed by atoms with Crippen molar-refractivity contribution in [2.45, 2.75) is 18.6 Å². The summed E-state index contributed by atoms with van der Waals surface area (Å²) in [4.78, 5) is 27.6. The number of halogens is 3. The number of carbonyl (C=O) groups is 2. The molecule has 5 nitrogen and oxygen atoms in total. The summed E-state index contributed by atoms with van der Waals surface area (Å²) in [5.74, 6) is -1.74. The Morgan fingerprint density at radius 2 is 2.21 bits per heavy atom. The number of hydrogen-bond donors (Lipinski definition) is 1. The van der Waals surface area contributed by atoms with Crippen molar-refractivity contribution < 1.29 is 22.8 Å². The van der Waals surface area contributed by atoms with Crippen molar-refractivity contribution in [1.29, 1.82) is 0 Å². The number of alkyl halides is 3. The molecular weight excluding hydrogens is 343 g/mol. The number of carbonyl (C=O) groups excluding carboxylic acids is 2. The predicted molar refractivity (Wildman–Crippen MR) is 84.5 cm³/mol. The second-order valence-corrected chi connectivity index (χ2v) is 7.01. The van der Waals surface area contributed by atoms with E-state index in [-0.39, 0.29) is 24.9 Å². The maximum atomic E-state index is 12.4. The van der Waals surface area contributed by atoms with Crippen molar-refractivity contribution >= 4 is 23.2 Å². The van der Waals surface area contributed by atoms with Crippen LogP contribution in [0.3, 0.4) is 0 Å². The van der Waals surface area contributed by atoms with Gasteiger partial charge in [0.15, 0.2) is 0 Å². The van der Waals surface area contributed by atoms with Crippen LogP contribution in [0.15, 0.2) is 17.5 Å². The second-order valence-electron chi connectivity index (χ2n) is 6.03. The minimum absolute atomic E-state index is 0.0164. The van der Waals surface area contributed by atoms with Gasteiger partial charge in [-0.15, -0.1) is 11.3 Å². The van der Waals surface area contributed by atoms with Crippen LogP contribution in [-0.4, -0.2) is 61.5 Å². The molecule has 1 aliphatic heterocycles. The molecule has 1 aromatic rings. The number of likely N-dealkylation sites (tertiary alicyclic amines) is 1. The summed E-state index contributed by atoms with van der Waals surface area (Å²) in [5, 5.41) is 4.71. The third-order valence-electron chi connectivity index (χ3n) is 3.92. The Morgan fingerprint density at radius 3 is 2.75 bits per heavy atom. The van der Waals surface area contributed by atoms with Gasteiger partial charge < -0.3 is 15.1 Å². The first-order chi connectivity index (χ1) is 11.2. The number of thiophene rings is 1. The Morgan fingerprint density at radius 1 is 1.50 bits per heavy atom. The second kappa shape index (κ2) is 7.52. The van der Waals surface area contributed by atoms with Crippen LogP contribution in [0.25, 0.3) is 0 Å². The molecule has 0 radical (unpaired) electrons. The van der Waals surface area contributed by atoms with E-state index in [2.05, 4.69) is 5.32 Å². The molecule has 0 aliphatic carbocycles. The van der Waals surface area contributed by atoms with E-state index in [4.69, 9.17) is 0 Å². The van der Waals surface area contributed by atoms with E-state index in [0.29, 0.717) is 11.4 Å². The van der Waals surface area contributed by atoms with E-state index in [1.54, 1.807) is 11.3 Å². The lowest BCUT2D eigenvalue weighted by Gasteiger charge is -2.24. The Balaban J connectivity index is 1.90. The SMILES string of the molecule is CN(C)[C@H](CNC(=O)[C@H]1CC(=O)N(CC(F)(F)F)C1)c1cccs1. The van der Waals surface area contributed by atoms with Crippen molar-refractivity contribution in [3.05, 3.63) is 22.4 Å². The quantitative estimate of drug-likeness (QED) is 0.840. The molecule has 0 bridgehead atoms. The predicted octanol–water partition coefficient (Wildman–Crippen LogP) is 1.88. The van der Waals surface area contributed by atoms with Gasteiger partial charge in [0.1, 0.15) is 6.54 Å². The normalized spacial score (nSPS) is 19.8. The van der Waals surface area contributed by atoms with Crippen molar-refractivity contribution in [1.82, 2.24) is 15.1 Å². The number of amides is 2. The highest BCUT2D eigenvalue weighted by Crippen LogP contribution is 2.25. The maximum Gasteiger partial charge on any atom is 0.406 e. The zero-order valence-corrected chi connectivity index (χ0v) is 14.3. The summed E-state index contributed by atoms with van der Waals surface area (Å²) in [6.07, 6.45) is -4.62. The van der Waals surface area contributed by atoms with Crippen LogP contribution >= 0.6 is 11.3 Å². The lowest BCUT2D eigenvalue weighted by molar-refractivity contribution is -0.157. The molecule has 9 heteroatoms.